The van der Waals surface area contributed by atoms with Crippen LogP contribution < -0.4 is 10.5 Å². The summed E-state index contributed by atoms with van der Waals surface area (Å²) in [5.41, 5.74) is 8.51. The molecule has 0 fully saturated rings. The molecule has 2 aromatic carbocycles. The zero-order valence-electron chi connectivity index (χ0n) is 12.1. The van der Waals surface area contributed by atoms with Crippen LogP contribution in [0.5, 0.6) is 11.5 Å². The fraction of sp³-hybridized carbons (Fsp3) is 0.188. The Morgan fingerprint density at radius 2 is 1.86 bits per heavy atom. The standard InChI is InChI=1S/C16H16ClNO3/c1-9-4-5-12(6-10(9)2)21-15-13(16(19)20-3)7-11(18)8-14(15)17/h4-8H,18H2,1-3H3. The van der Waals surface area contributed by atoms with Crippen LogP contribution >= 0.6 is 11.6 Å². The first kappa shape index (κ1) is 15.2. The number of carbonyl (C=O) groups is 1. The van der Waals surface area contributed by atoms with Crippen LogP contribution in [0.4, 0.5) is 5.69 Å². The van der Waals surface area contributed by atoms with Crippen molar-refractivity contribution in [2.24, 2.45) is 0 Å². The van der Waals surface area contributed by atoms with Crippen molar-refractivity contribution in [1.82, 2.24) is 0 Å². The van der Waals surface area contributed by atoms with Crippen LogP contribution in [0.25, 0.3) is 0 Å². The van der Waals surface area contributed by atoms with Gasteiger partial charge in [-0.3, -0.25) is 0 Å². The Labute approximate surface area is 128 Å². The van der Waals surface area contributed by atoms with Gasteiger partial charge >= 0.3 is 5.97 Å². The number of anilines is 1. The van der Waals surface area contributed by atoms with Crippen molar-refractivity contribution >= 4 is 23.3 Å². The number of carbonyl (C=O) groups excluding carboxylic acids is 1. The molecule has 2 aromatic rings. The number of methoxy groups -OCH3 is 1. The molecule has 0 radical (unpaired) electrons. The van der Waals surface area contributed by atoms with Gasteiger partial charge in [-0.25, -0.2) is 4.79 Å². The van der Waals surface area contributed by atoms with Crippen molar-refractivity contribution in [1.29, 1.82) is 0 Å². The monoisotopic (exact) mass is 305 g/mol. The van der Waals surface area contributed by atoms with Crippen molar-refractivity contribution in [3.63, 3.8) is 0 Å². The van der Waals surface area contributed by atoms with E-state index in [-0.39, 0.29) is 16.3 Å². The molecule has 0 saturated carbocycles. The maximum absolute atomic E-state index is 11.8. The van der Waals surface area contributed by atoms with Gasteiger partial charge in [0.05, 0.1) is 12.1 Å². The van der Waals surface area contributed by atoms with Crippen LogP contribution in [0.1, 0.15) is 21.5 Å². The van der Waals surface area contributed by atoms with E-state index in [0.29, 0.717) is 11.4 Å². The molecule has 0 spiro atoms. The number of esters is 1. The first-order chi connectivity index (χ1) is 9.92. The molecular formula is C16H16ClNO3. The molecule has 0 aromatic heterocycles. The highest BCUT2D eigenvalue weighted by molar-refractivity contribution is 6.33. The van der Waals surface area contributed by atoms with E-state index in [2.05, 4.69) is 0 Å². The molecule has 110 valence electrons. The molecule has 2 rings (SSSR count). The predicted octanol–water partition coefficient (Wildman–Crippen LogP) is 4.12. The molecule has 0 aliphatic rings. The van der Waals surface area contributed by atoms with Gasteiger partial charge in [0.1, 0.15) is 11.3 Å². The number of ether oxygens (including phenoxy) is 2. The van der Waals surface area contributed by atoms with Gasteiger partial charge < -0.3 is 15.2 Å². The second-order valence-electron chi connectivity index (χ2n) is 4.72. The maximum Gasteiger partial charge on any atom is 0.341 e. The molecule has 0 heterocycles. The minimum absolute atomic E-state index is 0.195. The van der Waals surface area contributed by atoms with Gasteiger partial charge in [-0.2, -0.15) is 0 Å². The van der Waals surface area contributed by atoms with Gasteiger partial charge in [-0.15, -0.1) is 0 Å². The third-order valence-corrected chi connectivity index (χ3v) is 3.45. The summed E-state index contributed by atoms with van der Waals surface area (Å²) in [5.74, 6) is 0.277. The number of halogens is 1. The topological polar surface area (TPSA) is 61.5 Å². The lowest BCUT2D eigenvalue weighted by atomic mass is 10.1. The van der Waals surface area contributed by atoms with E-state index in [0.717, 1.165) is 11.1 Å². The Balaban J connectivity index is 2.47. The molecule has 0 amide bonds. The highest BCUT2D eigenvalue weighted by Gasteiger charge is 2.18. The molecule has 5 heteroatoms. The van der Waals surface area contributed by atoms with Crippen LogP contribution in [-0.2, 0) is 4.74 Å². The summed E-state index contributed by atoms with van der Waals surface area (Å²) in [6.45, 7) is 3.99. The quantitative estimate of drug-likeness (QED) is 0.684. The van der Waals surface area contributed by atoms with Gasteiger partial charge in [0.2, 0.25) is 0 Å². The van der Waals surface area contributed by atoms with Gasteiger partial charge in [-0.1, -0.05) is 17.7 Å². The molecule has 2 N–H and O–H groups in total. The number of nitrogen functional groups attached to an aromatic ring is 1. The van der Waals surface area contributed by atoms with Gasteiger partial charge in [0, 0.05) is 5.69 Å². The number of rotatable bonds is 3. The van der Waals surface area contributed by atoms with Gasteiger partial charge in [0.15, 0.2) is 5.75 Å². The Hall–Kier alpha value is -2.20. The summed E-state index contributed by atoms with van der Waals surface area (Å²) in [5, 5.41) is 0.258. The van der Waals surface area contributed by atoms with Gasteiger partial charge in [-0.05, 0) is 49.2 Å². The molecule has 0 unspecified atom stereocenters. The first-order valence-corrected chi connectivity index (χ1v) is 6.72. The Morgan fingerprint density at radius 1 is 1.14 bits per heavy atom. The molecule has 4 nitrogen and oxygen atoms in total. The van der Waals surface area contributed by atoms with Crippen molar-refractivity contribution in [2.75, 3.05) is 12.8 Å². The van der Waals surface area contributed by atoms with E-state index in [4.69, 9.17) is 26.8 Å². The second kappa shape index (κ2) is 6.06. The van der Waals surface area contributed by atoms with E-state index in [1.54, 1.807) is 0 Å². The average Bonchev–Trinajstić information content (AvgIpc) is 2.44. The fourth-order valence-corrected chi connectivity index (χ4v) is 2.14. The summed E-state index contributed by atoms with van der Waals surface area (Å²) in [4.78, 5) is 11.8. The van der Waals surface area contributed by atoms with Crippen molar-refractivity contribution in [2.45, 2.75) is 13.8 Å². The third kappa shape index (κ3) is 3.28. The van der Waals surface area contributed by atoms with Crippen LogP contribution in [0.2, 0.25) is 5.02 Å². The van der Waals surface area contributed by atoms with Crippen molar-refractivity contribution < 1.29 is 14.3 Å². The third-order valence-electron chi connectivity index (χ3n) is 3.17. The largest absolute Gasteiger partial charge is 0.465 e. The summed E-state index contributed by atoms with van der Waals surface area (Å²) in [6, 6.07) is 8.64. The fourth-order valence-electron chi connectivity index (χ4n) is 1.87. The highest BCUT2D eigenvalue weighted by atomic mass is 35.5. The van der Waals surface area contributed by atoms with Crippen LogP contribution in [0, 0.1) is 13.8 Å². The zero-order chi connectivity index (χ0) is 15.6. The van der Waals surface area contributed by atoms with Crippen LogP contribution in [0.3, 0.4) is 0 Å². The molecule has 0 aliphatic carbocycles. The SMILES string of the molecule is COC(=O)c1cc(N)cc(Cl)c1Oc1ccc(C)c(C)c1. The van der Waals surface area contributed by atoms with E-state index in [1.165, 1.54) is 19.2 Å². The van der Waals surface area contributed by atoms with Crippen molar-refractivity contribution in [3.05, 3.63) is 52.0 Å². The first-order valence-electron chi connectivity index (χ1n) is 6.35. The minimum Gasteiger partial charge on any atom is -0.465 e. The molecule has 21 heavy (non-hydrogen) atoms. The summed E-state index contributed by atoms with van der Waals surface area (Å²) in [6.07, 6.45) is 0. The smallest absolute Gasteiger partial charge is 0.341 e. The number of hydrogen-bond donors (Lipinski definition) is 1. The summed E-state index contributed by atoms with van der Waals surface area (Å²) >= 11 is 6.14. The minimum atomic E-state index is -0.553. The molecule has 0 atom stereocenters. The van der Waals surface area contributed by atoms with E-state index in [1.807, 2.05) is 32.0 Å². The number of nitrogens with two attached hydrogens (primary N) is 1. The number of aryl methyl sites for hydroxylation is 2. The zero-order valence-corrected chi connectivity index (χ0v) is 12.8. The number of benzene rings is 2. The van der Waals surface area contributed by atoms with Crippen molar-refractivity contribution in [3.8, 4) is 11.5 Å². The molecule has 0 saturated heterocycles. The lowest BCUT2D eigenvalue weighted by Gasteiger charge is -2.13. The Morgan fingerprint density at radius 3 is 2.48 bits per heavy atom. The van der Waals surface area contributed by atoms with Crippen LogP contribution in [0.15, 0.2) is 30.3 Å². The van der Waals surface area contributed by atoms with Crippen LogP contribution in [-0.4, -0.2) is 13.1 Å². The maximum atomic E-state index is 11.8. The second-order valence-corrected chi connectivity index (χ2v) is 5.13. The van der Waals surface area contributed by atoms with E-state index in [9.17, 15) is 4.79 Å². The average molecular weight is 306 g/mol. The Bertz CT molecular complexity index is 698. The predicted molar refractivity (Wildman–Crippen MR) is 83.2 cm³/mol. The van der Waals surface area contributed by atoms with E-state index >= 15 is 0 Å². The summed E-state index contributed by atoms with van der Waals surface area (Å²) < 4.78 is 10.5. The normalized spacial score (nSPS) is 10.3. The summed E-state index contributed by atoms with van der Waals surface area (Å²) in [7, 11) is 1.29. The molecule has 0 bridgehead atoms. The van der Waals surface area contributed by atoms with Gasteiger partial charge in [0.25, 0.3) is 0 Å². The molecule has 0 aliphatic heterocycles. The Kier molecular flexibility index (Phi) is 4.38. The van der Waals surface area contributed by atoms with E-state index < -0.39 is 5.97 Å². The lowest BCUT2D eigenvalue weighted by Crippen LogP contribution is -2.05. The lowest BCUT2D eigenvalue weighted by molar-refractivity contribution is 0.0598. The number of hydrogen-bond acceptors (Lipinski definition) is 4. The molecular weight excluding hydrogens is 290 g/mol. The highest BCUT2D eigenvalue weighted by Crippen LogP contribution is 2.36.